The van der Waals surface area contributed by atoms with Crippen LogP contribution in [0.5, 0.6) is 0 Å². The van der Waals surface area contributed by atoms with Gasteiger partial charge in [0.2, 0.25) is 0 Å². The molecule has 3 nitrogen and oxygen atoms in total. The lowest BCUT2D eigenvalue weighted by molar-refractivity contribution is -0.402. The monoisotopic (exact) mass is 151 g/mol. The maximum absolute atomic E-state index is 10.5. The van der Waals surface area contributed by atoms with Crippen molar-refractivity contribution in [2.75, 3.05) is 0 Å². The van der Waals surface area contributed by atoms with Crippen molar-refractivity contribution in [1.29, 1.82) is 0 Å². The Morgan fingerprint density at radius 1 is 1.78 bits per heavy atom. The third-order valence-electron chi connectivity index (χ3n) is 1.27. The number of esters is 1. The van der Waals surface area contributed by atoms with Crippen molar-refractivity contribution < 1.29 is 27.7 Å². The van der Waals surface area contributed by atoms with E-state index in [1.807, 2.05) is 6.92 Å². The summed E-state index contributed by atoms with van der Waals surface area (Å²) in [6, 6.07) is -0.120. The first-order chi connectivity index (χ1) is 3.70. The number of hydrogen-bond acceptors (Lipinski definition) is 2. The van der Waals surface area contributed by atoms with E-state index < -0.39 is 0 Å². The Morgan fingerprint density at radius 3 is 2.44 bits per heavy atom. The molecule has 0 aromatic rings. The van der Waals surface area contributed by atoms with E-state index in [1.165, 1.54) is 0 Å². The molecular weight excluding hydrogens is 142 g/mol. The fourth-order valence-electron chi connectivity index (χ4n) is 0.840. The third-order valence-corrected chi connectivity index (χ3v) is 1.27. The van der Waals surface area contributed by atoms with Crippen molar-refractivity contribution in [3.63, 3.8) is 0 Å². The van der Waals surface area contributed by atoms with E-state index in [-0.39, 0.29) is 30.5 Å². The number of quaternary nitrogens is 1. The second kappa shape index (κ2) is 3.03. The standard InChI is InChI=1S/C5H9NO2.ClH/c1-3-2-4(6)5(7)8-3;/h3-4H,2,6H2,1H3;1H/t3-,4-;/m0./s1. The molecule has 0 aromatic carbocycles. The number of cyclic esters (lactones) is 1. The van der Waals surface area contributed by atoms with Crippen molar-refractivity contribution in [1.82, 2.24) is 0 Å². The molecule has 4 heteroatoms. The predicted octanol–water partition coefficient (Wildman–Crippen LogP) is -4.06. The molecule has 1 saturated heterocycles. The van der Waals surface area contributed by atoms with Gasteiger partial charge >= 0.3 is 5.97 Å². The molecule has 0 aliphatic carbocycles. The van der Waals surface area contributed by atoms with E-state index in [2.05, 4.69) is 5.73 Å². The summed E-state index contributed by atoms with van der Waals surface area (Å²) in [4.78, 5) is 10.5. The first kappa shape index (κ1) is 8.72. The molecule has 1 aliphatic rings. The number of halogens is 1. The average molecular weight is 152 g/mol. The van der Waals surface area contributed by atoms with E-state index in [4.69, 9.17) is 4.74 Å². The maximum atomic E-state index is 10.5. The smallest absolute Gasteiger partial charge is 0.365 e. The molecule has 0 aromatic heterocycles. The molecule has 0 unspecified atom stereocenters. The first-order valence-corrected chi connectivity index (χ1v) is 2.73. The van der Waals surface area contributed by atoms with Crippen molar-refractivity contribution >= 4 is 5.97 Å². The molecule has 0 spiro atoms. The third kappa shape index (κ3) is 1.84. The molecule has 3 N–H and O–H groups in total. The van der Waals surface area contributed by atoms with Gasteiger partial charge in [-0.3, -0.25) is 0 Å². The van der Waals surface area contributed by atoms with E-state index in [1.54, 1.807) is 0 Å². The van der Waals surface area contributed by atoms with Crippen LogP contribution in [0, 0.1) is 0 Å². The van der Waals surface area contributed by atoms with Crippen LogP contribution < -0.4 is 18.1 Å². The molecule has 0 amide bonds. The minimum absolute atomic E-state index is 0. The van der Waals surface area contributed by atoms with Gasteiger partial charge in [-0.25, -0.2) is 4.79 Å². The van der Waals surface area contributed by atoms with Crippen LogP contribution in [0.15, 0.2) is 0 Å². The molecule has 2 atom stereocenters. The Kier molecular flexibility index (Phi) is 2.94. The number of carbonyl (C=O) groups excluding carboxylic acids is 1. The maximum Gasteiger partial charge on any atom is 0.365 e. The minimum Gasteiger partial charge on any atom is -1.00 e. The normalized spacial score (nSPS) is 33.3. The predicted molar refractivity (Wildman–Crippen MR) is 26.8 cm³/mol. The van der Waals surface area contributed by atoms with E-state index in [0.717, 1.165) is 6.42 Å². The summed E-state index contributed by atoms with van der Waals surface area (Å²) in [6.45, 7) is 1.88. The lowest BCUT2D eigenvalue weighted by Crippen LogP contribution is -3.00. The molecule has 1 rings (SSSR count). The number of hydrogen-bond donors (Lipinski definition) is 1. The summed E-state index contributed by atoms with van der Waals surface area (Å²) in [5.74, 6) is -0.155. The van der Waals surface area contributed by atoms with Gasteiger partial charge in [-0.1, -0.05) is 0 Å². The van der Waals surface area contributed by atoms with Crippen LogP contribution in [0.4, 0.5) is 0 Å². The van der Waals surface area contributed by atoms with Crippen LogP contribution in [0.3, 0.4) is 0 Å². The highest BCUT2D eigenvalue weighted by Gasteiger charge is 2.31. The first-order valence-electron chi connectivity index (χ1n) is 2.73. The Labute approximate surface area is 60.0 Å². The van der Waals surface area contributed by atoms with Crippen molar-refractivity contribution in [3.05, 3.63) is 0 Å². The Hall–Kier alpha value is -0.280. The molecule has 1 aliphatic heterocycles. The van der Waals surface area contributed by atoms with Gasteiger partial charge in [0.1, 0.15) is 6.10 Å². The van der Waals surface area contributed by atoms with Gasteiger partial charge in [-0.15, -0.1) is 0 Å². The largest absolute Gasteiger partial charge is 1.00 e. The van der Waals surface area contributed by atoms with Crippen LogP contribution in [-0.4, -0.2) is 18.1 Å². The summed E-state index contributed by atoms with van der Waals surface area (Å²) < 4.78 is 4.77. The van der Waals surface area contributed by atoms with Crippen LogP contribution in [0.2, 0.25) is 0 Å². The summed E-state index contributed by atoms with van der Waals surface area (Å²) in [7, 11) is 0. The highest BCUT2D eigenvalue weighted by atomic mass is 35.5. The lowest BCUT2D eigenvalue weighted by atomic mass is 10.2. The molecule has 0 saturated carbocycles. The fourth-order valence-corrected chi connectivity index (χ4v) is 0.840. The number of rotatable bonds is 0. The zero-order valence-electron chi connectivity index (χ0n) is 5.26. The summed E-state index contributed by atoms with van der Waals surface area (Å²) >= 11 is 0. The lowest BCUT2D eigenvalue weighted by Gasteiger charge is -1.94. The fraction of sp³-hybridized carbons (Fsp3) is 0.800. The van der Waals surface area contributed by atoms with E-state index in [0.29, 0.717) is 0 Å². The van der Waals surface area contributed by atoms with Gasteiger partial charge in [-0.05, 0) is 6.92 Å². The van der Waals surface area contributed by atoms with Gasteiger partial charge in [0, 0.05) is 6.42 Å². The Morgan fingerprint density at radius 2 is 2.33 bits per heavy atom. The quantitative estimate of drug-likeness (QED) is 0.358. The zero-order valence-corrected chi connectivity index (χ0v) is 6.02. The average Bonchev–Trinajstić information content (AvgIpc) is 1.85. The van der Waals surface area contributed by atoms with Crippen LogP contribution in [0.25, 0.3) is 0 Å². The number of ether oxygens (including phenoxy) is 1. The summed E-state index contributed by atoms with van der Waals surface area (Å²) in [5, 5.41) is 0. The summed E-state index contributed by atoms with van der Waals surface area (Å²) in [5.41, 5.74) is 3.59. The minimum atomic E-state index is -0.155. The molecule has 0 radical (unpaired) electrons. The van der Waals surface area contributed by atoms with Crippen LogP contribution >= 0.6 is 0 Å². The highest BCUT2D eigenvalue weighted by molar-refractivity contribution is 5.76. The van der Waals surface area contributed by atoms with Crippen LogP contribution in [-0.2, 0) is 9.53 Å². The molecule has 9 heavy (non-hydrogen) atoms. The van der Waals surface area contributed by atoms with Gasteiger partial charge < -0.3 is 22.9 Å². The van der Waals surface area contributed by atoms with Gasteiger partial charge in [-0.2, -0.15) is 0 Å². The van der Waals surface area contributed by atoms with Crippen molar-refractivity contribution in [3.8, 4) is 0 Å². The van der Waals surface area contributed by atoms with Gasteiger partial charge in [0.15, 0.2) is 6.04 Å². The van der Waals surface area contributed by atoms with Crippen molar-refractivity contribution in [2.45, 2.75) is 25.5 Å². The molecule has 1 heterocycles. The molecular formula is C5H10ClNO2. The van der Waals surface area contributed by atoms with Crippen LogP contribution in [0.1, 0.15) is 13.3 Å². The SMILES string of the molecule is C[C@H]1C[C@H]([NH3+])C(=O)O1.[Cl-]. The Bertz CT molecular complexity index is 118. The highest BCUT2D eigenvalue weighted by Crippen LogP contribution is 2.09. The second-order valence-electron chi connectivity index (χ2n) is 2.18. The zero-order chi connectivity index (χ0) is 6.15. The van der Waals surface area contributed by atoms with Crippen molar-refractivity contribution in [2.24, 2.45) is 0 Å². The van der Waals surface area contributed by atoms with E-state index >= 15 is 0 Å². The topological polar surface area (TPSA) is 53.9 Å². The van der Waals surface area contributed by atoms with Gasteiger partial charge in [0.25, 0.3) is 0 Å². The molecule has 54 valence electrons. The van der Waals surface area contributed by atoms with Gasteiger partial charge in [0.05, 0.1) is 0 Å². The summed E-state index contributed by atoms with van der Waals surface area (Å²) in [6.07, 6.45) is 0.865. The molecule has 1 fully saturated rings. The molecule has 0 bridgehead atoms. The van der Waals surface area contributed by atoms with E-state index in [9.17, 15) is 4.79 Å². The number of carbonyl (C=O) groups is 1. The Balaban J connectivity index is 0.000000640. The second-order valence-corrected chi connectivity index (χ2v) is 2.18.